The van der Waals surface area contributed by atoms with E-state index in [4.69, 9.17) is 4.74 Å². The molecule has 0 heterocycles. The zero-order valence-corrected chi connectivity index (χ0v) is 9.06. The van der Waals surface area contributed by atoms with E-state index in [2.05, 4.69) is 18.2 Å². The second-order valence-corrected chi connectivity index (χ2v) is 3.73. The molecule has 0 fully saturated rings. The molecule has 1 aliphatic carbocycles. The Morgan fingerprint density at radius 3 is 2.62 bits per heavy atom. The number of carbonyl (C=O) groups is 1. The molecule has 16 heavy (non-hydrogen) atoms. The summed E-state index contributed by atoms with van der Waals surface area (Å²) in [5, 5.41) is 0. The first kappa shape index (κ1) is 10.7. The lowest BCUT2D eigenvalue weighted by Crippen LogP contribution is -2.01. The van der Waals surface area contributed by atoms with E-state index in [1.165, 1.54) is 5.57 Å². The first-order valence-corrected chi connectivity index (χ1v) is 5.42. The quantitative estimate of drug-likeness (QED) is 0.720. The summed E-state index contributed by atoms with van der Waals surface area (Å²) in [5.74, 6) is 0.797. The van der Waals surface area contributed by atoms with Gasteiger partial charge in [0.2, 0.25) is 0 Å². The van der Waals surface area contributed by atoms with E-state index >= 15 is 0 Å². The maximum atomic E-state index is 10.5. The molecule has 0 saturated heterocycles. The fourth-order valence-electron chi connectivity index (χ4n) is 1.58. The summed E-state index contributed by atoms with van der Waals surface area (Å²) >= 11 is 0. The normalized spacial score (nSPS) is 14.4. The number of hydrogen-bond acceptors (Lipinski definition) is 2. The van der Waals surface area contributed by atoms with Crippen LogP contribution in [0.15, 0.2) is 48.1 Å². The van der Waals surface area contributed by atoms with Crippen LogP contribution in [0.3, 0.4) is 0 Å². The van der Waals surface area contributed by atoms with Crippen molar-refractivity contribution in [2.45, 2.75) is 12.8 Å². The molecule has 0 saturated carbocycles. The Hall–Kier alpha value is -1.83. The van der Waals surface area contributed by atoms with Crippen LogP contribution in [0.5, 0.6) is 5.75 Å². The molecule has 0 spiro atoms. The van der Waals surface area contributed by atoms with Crippen molar-refractivity contribution in [2.75, 3.05) is 6.61 Å². The number of benzene rings is 1. The van der Waals surface area contributed by atoms with E-state index in [1.54, 1.807) is 12.1 Å². The van der Waals surface area contributed by atoms with E-state index in [0.29, 0.717) is 12.2 Å². The Bertz CT molecular complexity index is 413. The topological polar surface area (TPSA) is 26.3 Å². The highest BCUT2D eigenvalue weighted by Gasteiger charge is 1.99. The van der Waals surface area contributed by atoms with Gasteiger partial charge in [0.1, 0.15) is 18.6 Å². The summed E-state index contributed by atoms with van der Waals surface area (Å²) in [6, 6.07) is 7.15. The molecule has 0 bridgehead atoms. The van der Waals surface area contributed by atoms with Crippen LogP contribution in [0.2, 0.25) is 0 Å². The van der Waals surface area contributed by atoms with Crippen LogP contribution in [0.4, 0.5) is 0 Å². The maximum absolute atomic E-state index is 10.5. The zero-order chi connectivity index (χ0) is 11.2. The van der Waals surface area contributed by atoms with Gasteiger partial charge in [0.25, 0.3) is 0 Å². The molecule has 1 aromatic rings. The molecule has 2 rings (SSSR count). The fraction of sp³-hybridized carbons (Fsp3) is 0.214. The van der Waals surface area contributed by atoms with E-state index in [0.717, 1.165) is 24.9 Å². The minimum atomic E-state index is 0.594. The Balaban J connectivity index is 1.91. The second-order valence-electron chi connectivity index (χ2n) is 3.73. The van der Waals surface area contributed by atoms with Crippen molar-refractivity contribution in [1.82, 2.24) is 0 Å². The minimum Gasteiger partial charge on any atom is -0.489 e. The molecular weight excluding hydrogens is 200 g/mol. The van der Waals surface area contributed by atoms with Gasteiger partial charge < -0.3 is 4.74 Å². The standard InChI is InChI=1S/C14H14O2/c15-10-12-6-8-14(9-7-12)16-11-13-4-2-1-3-5-13/h2,4-10H,1,3,11H2. The van der Waals surface area contributed by atoms with Crippen LogP contribution in [0.25, 0.3) is 0 Å². The van der Waals surface area contributed by atoms with Crippen molar-refractivity contribution in [3.8, 4) is 5.75 Å². The molecule has 0 atom stereocenters. The van der Waals surface area contributed by atoms with Gasteiger partial charge in [0.15, 0.2) is 0 Å². The molecule has 82 valence electrons. The van der Waals surface area contributed by atoms with E-state index < -0.39 is 0 Å². The first-order valence-electron chi connectivity index (χ1n) is 5.42. The average molecular weight is 214 g/mol. The van der Waals surface area contributed by atoms with E-state index in [-0.39, 0.29) is 0 Å². The van der Waals surface area contributed by atoms with Gasteiger partial charge in [-0.1, -0.05) is 18.2 Å². The Morgan fingerprint density at radius 2 is 2.00 bits per heavy atom. The van der Waals surface area contributed by atoms with Gasteiger partial charge in [0, 0.05) is 5.56 Å². The fourth-order valence-corrected chi connectivity index (χ4v) is 1.58. The van der Waals surface area contributed by atoms with Gasteiger partial charge in [-0.25, -0.2) is 0 Å². The second kappa shape index (κ2) is 5.31. The number of hydrogen-bond donors (Lipinski definition) is 0. The molecule has 0 aromatic heterocycles. The number of rotatable bonds is 4. The highest BCUT2D eigenvalue weighted by Crippen LogP contribution is 2.14. The smallest absolute Gasteiger partial charge is 0.150 e. The predicted octanol–water partition coefficient (Wildman–Crippen LogP) is 3.15. The van der Waals surface area contributed by atoms with Crippen LogP contribution in [-0.2, 0) is 0 Å². The van der Waals surface area contributed by atoms with Gasteiger partial charge in [0.05, 0.1) is 0 Å². The lowest BCUT2D eigenvalue weighted by atomic mass is 10.1. The minimum absolute atomic E-state index is 0.594. The molecule has 0 unspecified atom stereocenters. The van der Waals surface area contributed by atoms with Crippen LogP contribution >= 0.6 is 0 Å². The summed E-state index contributed by atoms with van der Waals surface area (Å²) in [5.41, 5.74) is 1.88. The Morgan fingerprint density at radius 1 is 1.19 bits per heavy atom. The summed E-state index contributed by atoms with van der Waals surface area (Å²) in [6.45, 7) is 0.594. The van der Waals surface area contributed by atoms with Crippen LogP contribution < -0.4 is 4.74 Å². The summed E-state index contributed by atoms with van der Waals surface area (Å²) in [4.78, 5) is 10.5. The summed E-state index contributed by atoms with van der Waals surface area (Å²) < 4.78 is 5.61. The van der Waals surface area contributed by atoms with Crippen LogP contribution in [0.1, 0.15) is 23.2 Å². The van der Waals surface area contributed by atoms with Crippen molar-refractivity contribution in [1.29, 1.82) is 0 Å². The lowest BCUT2D eigenvalue weighted by Gasteiger charge is -2.09. The zero-order valence-electron chi connectivity index (χ0n) is 9.06. The highest BCUT2D eigenvalue weighted by molar-refractivity contribution is 5.74. The number of allylic oxidation sites excluding steroid dienone is 2. The van der Waals surface area contributed by atoms with Gasteiger partial charge in [-0.2, -0.15) is 0 Å². The molecule has 1 aliphatic rings. The molecule has 2 heteroatoms. The van der Waals surface area contributed by atoms with E-state index in [1.807, 2.05) is 12.1 Å². The molecule has 0 radical (unpaired) electrons. The Labute approximate surface area is 95.2 Å². The highest BCUT2D eigenvalue weighted by atomic mass is 16.5. The van der Waals surface area contributed by atoms with Gasteiger partial charge >= 0.3 is 0 Å². The molecule has 0 N–H and O–H groups in total. The molecule has 0 amide bonds. The van der Waals surface area contributed by atoms with Crippen LogP contribution in [-0.4, -0.2) is 12.9 Å². The first-order chi connectivity index (χ1) is 7.88. The maximum Gasteiger partial charge on any atom is 0.150 e. The number of carbonyl (C=O) groups excluding carboxylic acids is 1. The molecule has 1 aromatic carbocycles. The Kier molecular flexibility index (Phi) is 3.54. The summed E-state index contributed by atoms with van der Waals surface area (Å²) in [7, 11) is 0. The van der Waals surface area contributed by atoms with Gasteiger partial charge in [-0.3, -0.25) is 4.79 Å². The third kappa shape index (κ3) is 2.83. The molecule has 2 nitrogen and oxygen atoms in total. The summed E-state index contributed by atoms with van der Waals surface area (Å²) in [6.07, 6.45) is 9.50. The van der Waals surface area contributed by atoms with E-state index in [9.17, 15) is 4.79 Å². The van der Waals surface area contributed by atoms with Crippen molar-refractivity contribution < 1.29 is 9.53 Å². The predicted molar refractivity (Wildman–Crippen MR) is 63.8 cm³/mol. The third-order valence-corrected chi connectivity index (χ3v) is 2.49. The van der Waals surface area contributed by atoms with Gasteiger partial charge in [-0.15, -0.1) is 0 Å². The molecule has 0 aliphatic heterocycles. The van der Waals surface area contributed by atoms with Crippen molar-refractivity contribution >= 4 is 6.29 Å². The van der Waals surface area contributed by atoms with Crippen molar-refractivity contribution in [3.05, 3.63) is 53.6 Å². The monoisotopic (exact) mass is 214 g/mol. The lowest BCUT2D eigenvalue weighted by molar-refractivity contribution is 0.112. The third-order valence-electron chi connectivity index (χ3n) is 2.49. The number of aldehydes is 1. The largest absolute Gasteiger partial charge is 0.489 e. The van der Waals surface area contributed by atoms with Crippen molar-refractivity contribution in [3.63, 3.8) is 0 Å². The van der Waals surface area contributed by atoms with Crippen molar-refractivity contribution in [2.24, 2.45) is 0 Å². The van der Waals surface area contributed by atoms with Gasteiger partial charge in [-0.05, 0) is 42.7 Å². The van der Waals surface area contributed by atoms with Crippen LogP contribution in [0, 0.1) is 0 Å². The molecular formula is C14H14O2. The average Bonchev–Trinajstić information content (AvgIpc) is 2.38. The SMILES string of the molecule is O=Cc1ccc(OCC2=CCCC=C2)cc1. The number of ether oxygens (including phenoxy) is 1.